The van der Waals surface area contributed by atoms with Crippen LogP contribution in [0.15, 0.2) is 77.1 Å². The van der Waals surface area contributed by atoms with Gasteiger partial charge >= 0.3 is 0 Å². The molecule has 0 bridgehead atoms. The van der Waals surface area contributed by atoms with E-state index in [4.69, 9.17) is 26.1 Å². The first kappa shape index (κ1) is 31.4. The molecule has 9 nitrogen and oxygen atoms in total. The Balaban J connectivity index is 1.68. The van der Waals surface area contributed by atoms with Gasteiger partial charge in [0.15, 0.2) is 5.84 Å². The highest BCUT2D eigenvalue weighted by Gasteiger charge is 2.23. The molecule has 4 rings (SSSR count). The number of ether oxygens (including phenoxy) is 2. The van der Waals surface area contributed by atoms with E-state index in [9.17, 15) is 9.36 Å². The minimum atomic E-state index is -2.57. The van der Waals surface area contributed by atoms with E-state index < -0.39 is 7.14 Å². The van der Waals surface area contributed by atoms with Crippen LogP contribution in [0.2, 0.25) is 0 Å². The van der Waals surface area contributed by atoms with E-state index >= 15 is 0 Å². The third-order valence-electron chi connectivity index (χ3n) is 6.91. The van der Waals surface area contributed by atoms with Gasteiger partial charge in [0.25, 0.3) is 0 Å². The molecule has 1 saturated heterocycles. The number of rotatable bonds is 9. The molecule has 1 amide bonds. The van der Waals surface area contributed by atoms with Gasteiger partial charge in [0.05, 0.1) is 29.2 Å². The van der Waals surface area contributed by atoms with Crippen LogP contribution in [0.25, 0.3) is 0 Å². The van der Waals surface area contributed by atoms with Gasteiger partial charge in [-0.15, -0.1) is 0 Å². The van der Waals surface area contributed by atoms with Crippen LogP contribution in [0, 0.1) is 0 Å². The molecule has 1 atom stereocenters. The molecular weight excluding hydrogens is 573 g/mol. The Labute approximate surface area is 253 Å². The summed E-state index contributed by atoms with van der Waals surface area (Å²) in [5, 5.41) is 10.7. The van der Waals surface area contributed by atoms with E-state index in [2.05, 4.69) is 34.5 Å². The van der Waals surface area contributed by atoms with Crippen molar-refractivity contribution >= 4 is 52.9 Å². The van der Waals surface area contributed by atoms with Crippen LogP contribution < -0.4 is 30.7 Å². The number of nitrogens with one attached hydrogen (secondary N) is 3. The van der Waals surface area contributed by atoms with Crippen LogP contribution in [-0.4, -0.2) is 63.3 Å². The highest BCUT2D eigenvalue weighted by Crippen LogP contribution is 2.39. The summed E-state index contributed by atoms with van der Waals surface area (Å²) in [6, 6.07) is 11.0. The molecule has 0 aromatic heterocycles. The Kier molecular flexibility index (Phi) is 10.5. The zero-order valence-corrected chi connectivity index (χ0v) is 26.2. The number of hydrogen-bond donors (Lipinski definition) is 3. The Bertz CT molecular complexity index is 1470. The van der Waals surface area contributed by atoms with Crippen LogP contribution in [0.1, 0.15) is 25.7 Å². The number of para-hydroxylation sites is 1. The van der Waals surface area contributed by atoms with E-state index in [1.807, 2.05) is 36.4 Å². The lowest BCUT2D eigenvalue weighted by Gasteiger charge is -2.31. The predicted molar refractivity (Wildman–Crippen MR) is 174 cm³/mol. The number of amides is 1. The van der Waals surface area contributed by atoms with Crippen molar-refractivity contribution in [3.63, 3.8) is 0 Å². The van der Waals surface area contributed by atoms with Gasteiger partial charge < -0.3 is 34.9 Å². The zero-order valence-electron chi connectivity index (χ0n) is 24.6. The van der Waals surface area contributed by atoms with Gasteiger partial charge in [0.2, 0.25) is 5.91 Å². The molecular formula is C31H39ClN5O4P. The van der Waals surface area contributed by atoms with Crippen LogP contribution in [0.3, 0.4) is 0 Å². The predicted octanol–water partition coefficient (Wildman–Crippen LogP) is 6.22. The van der Waals surface area contributed by atoms with Gasteiger partial charge in [-0.2, -0.15) is 0 Å². The number of anilines is 3. The van der Waals surface area contributed by atoms with Crippen LogP contribution in [0.4, 0.5) is 17.1 Å². The maximum atomic E-state index is 12.9. The maximum absolute atomic E-state index is 12.9. The van der Waals surface area contributed by atoms with E-state index in [-0.39, 0.29) is 12.0 Å². The molecule has 0 aliphatic carbocycles. The Morgan fingerprint density at radius 1 is 1.12 bits per heavy atom. The lowest BCUT2D eigenvalue weighted by atomic mass is 10.1. The molecule has 0 saturated carbocycles. The minimum Gasteiger partial charge on any atom is -0.494 e. The first-order valence-electron chi connectivity index (χ1n) is 13.9. The van der Waals surface area contributed by atoms with Crippen LogP contribution in [-0.2, 0) is 9.36 Å². The summed E-state index contributed by atoms with van der Waals surface area (Å²) in [7, 11) is 1.08. The van der Waals surface area contributed by atoms with Gasteiger partial charge in [0.1, 0.15) is 30.6 Å². The van der Waals surface area contributed by atoms with E-state index in [0.717, 1.165) is 25.9 Å². The number of benzene rings is 2. The number of nitrogens with zero attached hydrogens (tertiary/aromatic N) is 2. The van der Waals surface area contributed by atoms with Crippen molar-refractivity contribution in [2.75, 3.05) is 56.5 Å². The number of carbonyl (C=O) groups excluding carboxylic acids is 1. The van der Waals surface area contributed by atoms with Gasteiger partial charge in [-0.1, -0.05) is 36.4 Å². The molecule has 0 radical (unpaired) electrons. The standard InChI is InChI=1S/C31H39ClN5O4P/c1-6-30(38)34-25-18-24(26(40-3)19-27(25)41-21-12-11-17-37(2)20-21)33-29-16-10-7-13-22(32)31(36-29)35-23-14-8-9-15-28(23)42(4,5)39/h6,8-9,13-16,18-19,21,33H,1,7,10-12,17,20H2,2-5H3,(H,34,38)(H,35,36)/b22-13-,29-16?. The zero-order chi connectivity index (χ0) is 30.3. The first-order valence-corrected chi connectivity index (χ1v) is 16.9. The fraction of sp³-hybridized carbons (Fsp3) is 0.355. The van der Waals surface area contributed by atoms with E-state index in [1.165, 1.54) is 6.08 Å². The molecule has 3 N–H and O–H groups in total. The van der Waals surface area contributed by atoms with Gasteiger partial charge in [0, 0.05) is 17.9 Å². The Morgan fingerprint density at radius 3 is 2.60 bits per heavy atom. The average molecular weight is 612 g/mol. The average Bonchev–Trinajstić information content (AvgIpc) is 2.94. The molecule has 2 aromatic rings. The fourth-order valence-electron chi connectivity index (χ4n) is 4.83. The second kappa shape index (κ2) is 14.1. The summed E-state index contributed by atoms with van der Waals surface area (Å²) >= 11 is 6.67. The number of halogens is 1. The molecule has 2 heterocycles. The first-order chi connectivity index (χ1) is 20.1. The number of likely N-dealkylation sites (N-methyl/N-ethyl adjacent to an activating group) is 1. The molecule has 2 aliphatic rings. The third-order valence-corrected chi connectivity index (χ3v) is 8.79. The number of piperidine rings is 1. The normalized spacial score (nSPS) is 19.2. The largest absolute Gasteiger partial charge is 0.494 e. The van der Waals surface area contributed by atoms with Gasteiger partial charge in [-0.05, 0) is 83.0 Å². The molecule has 224 valence electrons. The van der Waals surface area contributed by atoms with Crippen molar-refractivity contribution < 1.29 is 18.8 Å². The SMILES string of the molecule is C=CC(=O)Nc1cc(NC2=CCC/C=C(\Cl)C(Nc3ccccc3P(C)(C)=O)=N2)c(OC)cc1OC1CCCN(C)C1. The second-order valence-corrected chi connectivity index (χ2v) is 14.3. The van der Waals surface area contributed by atoms with Crippen molar-refractivity contribution in [2.24, 2.45) is 4.99 Å². The summed E-state index contributed by atoms with van der Waals surface area (Å²) in [4.78, 5) is 19.4. The number of aliphatic imine (C=N–C) groups is 1. The van der Waals surface area contributed by atoms with E-state index in [0.29, 0.717) is 63.4 Å². The molecule has 1 unspecified atom stereocenters. The minimum absolute atomic E-state index is 0.0171. The number of methoxy groups -OCH3 is 1. The number of likely N-dealkylation sites (tertiary alicyclic amines) is 1. The van der Waals surface area contributed by atoms with Crippen molar-refractivity contribution in [2.45, 2.75) is 31.8 Å². The van der Waals surface area contributed by atoms with Crippen LogP contribution in [0.5, 0.6) is 11.5 Å². The third kappa shape index (κ3) is 8.28. The molecule has 2 aliphatic heterocycles. The fourth-order valence-corrected chi connectivity index (χ4v) is 6.18. The van der Waals surface area contributed by atoms with Gasteiger partial charge in [-0.3, -0.25) is 4.79 Å². The number of allylic oxidation sites excluding steroid dienone is 2. The lowest BCUT2D eigenvalue weighted by Crippen LogP contribution is -2.38. The quantitative estimate of drug-likeness (QED) is 0.228. The lowest BCUT2D eigenvalue weighted by molar-refractivity contribution is -0.111. The van der Waals surface area contributed by atoms with Gasteiger partial charge in [-0.25, -0.2) is 4.99 Å². The summed E-state index contributed by atoms with van der Waals surface area (Å²) in [5.74, 6) is 1.61. The van der Waals surface area contributed by atoms with Crippen molar-refractivity contribution in [1.82, 2.24) is 4.90 Å². The number of amidine groups is 1. The molecule has 1 fully saturated rings. The Hall–Kier alpha value is -3.52. The van der Waals surface area contributed by atoms with Crippen molar-refractivity contribution in [3.05, 3.63) is 72.1 Å². The highest BCUT2D eigenvalue weighted by atomic mass is 35.5. The monoisotopic (exact) mass is 611 g/mol. The molecule has 0 spiro atoms. The maximum Gasteiger partial charge on any atom is 0.247 e. The van der Waals surface area contributed by atoms with Crippen molar-refractivity contribution in [1.29, 1.82) is 0 Å². The smallest absolute Gasteiger partial charge is 0.247 e. The summed E-state index contributed by atoms with van der Waals surface area (Å²) in [6.07, 6.45) is 8.41. The summed E-state index contributed by atoms with van der Waals surface area (Å²) in [5.41, 5.74) is 1.74. The van der Waals surface area contributed by atoms with Crippen LogP contribution >= 0.6 is 18.7 Å². The number of carbonyl (C=O) groups is 1. The molecule has 42 heavy (non-hydrogen) atoms. The topological polar surface area (TPSA) is 104 Å². The van der Waals surface area contributed by atoms with Crippen molar-refractivity contribution in [3.8, 4) is 11.5 Å². The number of hydrogen-bond acceptors (Lipinski definition) is 8. The summed E-state index contributed by atoms with van der Waals surface area (Å²) < 4.78 is 25.0. The molecule has 2 aromatic carbocycles. The summed E-state index contributed by atoms with van der Waals surface area (Å²) in [6.45, 7) is 8.86. The molecule has 11 heteroatoms. The highest BCUT2D eigenvalue weighted by molar-refractivity contribution is 7.70. The Morgan fingerprint density at radius 2 is 1.88 bits per heavy atom. The van der Waals surface area contributed by atoms with E-state index in [1.54, 1.807) is 32.6 Å². The second-order valence-electron chi connectivity index (χ2n) is 10.7.